The van der Waals surface area contributed by atoms with Crippen LogP contribution in [0.2, 0.25) is 5.02 Å². The van der Waals surface area contributed by atoms with Crippen LogP contribution >= 0.6 is 11.6 Å². The monoisotopic (exact) mass is 305 g/mol. The molecule has 21 heavy (non-hydrogen) atoms. The van der Waals surface area contributed by atoms with Crippen LogP contribution in [-0.2, 0) is 0 Å². The molecule has 1 aromatic carbocycles. The van der Waals surface area contributed by atoms with E-state index < -0.39 is 0 Å². The number of halogens is 1. The number of benzene rings is 1. The van der Waals surface area contributed by atoms with Crippen LogP contribution in [0.25, 0.3) is 11.5 Å². The Hall–Kier alpha value is -1.63. The second-order valence-electron chi connectivity index (χ2n) is 5.54. The number of nitrogens with zero attached hydrogens (tertiary/aromatic N) is 4. The fourth-order valence-corrected chi connectivity index (χ4v) is 3.25. The fourth-order valence-electron chi connectivity index (χ4n) is 3.07. The van der Waals surface area contributed by atoms with Gasteiger partial charge in [0.25, 0.3) is 5.89 Å². The highest BCUT2D eigenvalue weighted by atomic mass is 35.5. The zero-order valence-electron chi connectivity index (χ0n) is 11.5. The van der Waals surface area contributed by atoms with Gasteiger partial charge in [-0.25, -0.2) is 0 Å². The zero-order valence-corrected chi connectivity index (χ0v) is 12.3. The van der Waals surface area contributed by atoms with Crippen molar-refractivity contribution >= 4 is 17.3 Å². The van der Waals surface area contributed by atoms with Gasteiger partial charge in [0.1, 0.15) is 0 Å². The molecule has 0 spiro atoms. The summed E-state index contributed by atoms with van der Waals surface area (Å²) in [5.41, 5.74) is 7.25. The second-order valence-corrected chi connectivity index (χ2v) is 5.98. The first-order valence-corrected chi connectivity index (χ1v) is 7.44. The lowest BCUT2D eigenvalue weighted by molar-refractivity contribution is 0.00781. The Morgan fingerprint density at radius 2 is 2.05 bits per heavy atom. The smallest absolute Gasteiger partial charge is 0.260 e. The molecule has 1 unspecified atom stereocenters. The fraction of sp³-hybridized carbons (Fsp3) is 0.429. The molecule has 0 aliphatic carbocycles. The van der Waals surface area contributed by atoms with Crippen molar-refractivity contribution in [3.8, 4) is 11.5 Å². The summed E-state index contributed by atoms with van der Waals surface area (Å²) in [5.74, 6) is 1.19. The SMILES string of the molecule is Nc1cc(Cl)ccc1-c1nc(C2CN3CCN2CC3)no1. The molecule has 2 aromatic rings. The molecule has 2 bridgehead atoms. The molecule has 4 heterocycles. The lowest BCUT2D eigenvalue weighted by Gasteiger charge is -2.46. The average Bonchev–Trinajstić information content (AvgIpc) is 2.98. The van der Waals surface area contributed by atoms with E-state index in [0.29, 0.717) is 16.6 Å². The number of piperazine rings is 3. The summed E-state index contributed by atoms with van der Waals surface area (Å²) >= 11 is 5.92. The second kappa shape index (κ2) is 4.98. The van der Waals surface area contributed by atoms with E-state index in [-0.39, 0.29) is 6.04 Å². The van der Waals surface area contributed by atoms with Gasteiger partial charge in [0, 0.05) is 43.4 Å². The Labute approximate surface area is 127 Å². The van der Waals surface area contributed by atoms with E-state index >= 15 is 0 Å². The van der Waals surface area contributed by atoms with Crippen molar-refractivity contribution in [2.24, 2.45) is 0 Å². The molecule has 1 atom stereocenters. The minimum absolute atomic E-state index is 0.221. The summed E-state index contributed by atoms with van der Waals surface area (Å²) in [6.07, 6.45) is 0. The first kappa shape index (κ1) is 13.1. The lowest BCUT2D eigenvalue weighted by Crippen LogP contribution is -2.57. The molecule has 3 aliphatic rings. The number of aromatic nitrogens is 2. The highest BCUT2D eigenvalue weighted by Gasteiger charge is 2.35. The predicted octanol–water partition coefficient (Wildman–Crippen LogP) is 1.64. The van der Waals surface area contributed by atoms with Gasteiger partial charge in [-0.1, -0.05) is 16.8 Å². The van der Waals surface area contributed by atoms with Gasteiger partial charge in [-0.3, -0.25) is 9.80 Å². The van der Waals surface area contributed by atoms with Crippen LogP contribution < -0.4 is 5.73 Å². The highest BCUT2D eigenvalue weighted by molar-refractivity contribution is 6.31. The minimum Gasteiger partial charge on any atom is -0.398 e. The van der Waals surface area contributed by atoms with Crippen molar-refractivity contribution in [3.05, 3.63) is 29.0 Å². The maximum atomic E-state index is 5.97. The third-order valence-corrected chi connectivity index (χ3v) is 4.50. The van der Waals surface area contributed by atoms with E-state index in [4.69, 9.17) is 21.9 Å². The Kier molecular flexibility index (Phi) is 3.10. The van der Waals surface area contributed by atoms with E-state index in [1.54, 1.807) is 12.1 Å². The number of fused-ring (bicyclic) bond motifs is 3. The van der Waals surface area contributed by atoms with E-state index in [1.165, 1.54) is 0 Å². The van der Waals surface area contributed by atoms with Crippen molar-refractivity contribution < 1.29 is 4.52 Å². The molecule has 0 amide bonds. The normalized spacial score (nSPS) is 28.0. The molecule has 3 aliphatic heterocycles. The zero-order chi connectivity index (χ0) is 14.4. The molecular formula is C14H16ClN5O. The van der Waals surface area contributed by atoms with Crippen LogP contribution in [0.4, 0.5) is 5.69 Å². The molecule has 7 heteroatoms. The predicted molar refractivity (Wildman–Crippen MR) is 79.9 cm³/mol. The van der Waals surface area contributed by atoms with E-state index in [0.717, 1.165) is 44.1 Å². The van der Waals surface area contributed by atoms with E-state index in [9.17, 15) is 0 Å². The molecule has 0 saturated carbocycles. The van der Waals surface area contributed by atoms with Crippen LogP contribution in [0.15, 0.2) is 22.7 Å². The first-order chi connectivity index (χ1) is 10.2. The Balaban J connectivity index is 1.64. The number of rotatable bonds is 2. The molecule has 6 nitrogen and oxygen atoms in total. The summed E-state index contributed by atoms with van der Waals surface area (Å²) in [5, 5.41) is 4.75. The Morgan fingerprint density at radius 3 is 2.71 bits per heavy atom. The van der Waals surface area contributed by atoms with Gasteiger partial charge in [-0.2, -0.15) is 4.98 Å². The van der Waals surface area contributed by atoms with Gasteiger partial charge in [0.15, 0.2) is 5.82 Å². The minimum atomic E-state index is 0.221. The highest BCUT2D eigenvalue weighted by Crippen LogP contribution is 2.31. The van der Waals surface area contributed by atoms with Crippen LogP contribution in [0, 0.1) is 0 Å². The quantitative estimate of drug-likeness (QED) is 0.851. The molecule has 110 valence electrons. The third-order valence-electron chi connectivity index (χ3n) is 4.26. The molecule has 3 saturated heterocycles. The standard InChI is InChI=1S/C14H16ClN5O/c15-9-1-2-10(11(16)7-9)14-17-13(18-21-14)12-8-19-3-5-20(12)6-4-19/h1-2,7,12H,3-6,8,16H2. The van der Waals surface area contributed by atoms with Gasteiger partial charge in [-0.05, 0) is 18.2 Å². The summed E-state index contributed by atoms with van der Waals surface area (Å²) < 4.78 is 5.40. The molecule has 0 radical (unpaired) electrons. The van der Waals surface area contributed by atoms with Gasteiger partial charge >= 0.3 is 0 Å². The third kappa shape index (κ3) is 2.29. The van der Waals surface area contributed by atoms with Gasteiger partial charge in [0.05, 0.1) is 11.6 Å². The summed E-state index contributed by atoms with van der Waals surface area (Å²) in [6, 6.07) is 5.50. The van der Waals surface area contributed by atoms with Crippen LogP contribution in [0.1, 0.15) is 11.9 Å². The van der Waals surface area contributed by atoms with Gasteiger partial charge in [0.2, 0.25) is 0 Å². The van der Waals surface area contributed by atoms with Crippen molar-refractivity contribution in [1.82, 2.24) is 19.9 Å². The summed E-state index contributed by atoms with van der Waals surface area (Å²) in [6.45, 7) is 5.36. The maximum absolute atomic E-state index is 5.97. The van der Waals surface area contributed by atoms with Crippen molar-refractivity contribution in [2.45, 2.75) is 6.04 Å². The number of anilines is 1. The van der Waals surface area contributed by atoms with Crippen molar-refractivity contribution in [1.29, 1.82) is 0 Å². The van der Waals surface area contributed by atoms with E-state index in [1.807, 2.05) is 6.07 Å². The first-order valence-electron chi connectivity index (χ1n) is 7.06. The lowest BCUT2D eigenvalue weighted by atomic mass is 10.1. The van der Waals surface area contributed by atoms with Gasteiger partial charge in [-0.15, -0.1) is 0 Å². The molecule has 3 fully saturated rings. The number of nitrogens with two attached hydrogens (primary N) is 1. The Bertz CT molecular complexity index is 665. The number of hydrogen-bond donors (Lipinski definition) is 1. The van der Waals surface area contributed by atoms with Crippen LogP contribution in [-0.4, -0.2) is 52.7 Å². The maximum Gasteiger partial charge on any atom is 0.260 e. The molecule has 5 rings (SSSR count). The molecule has 1 aromatic heterocycles. The number of nitrogen functional groups attached to an aromatic ring is 1. The average molecular weight is 306 g/mol. The molecule has 2 N–H and O–H groups in total. The largest absolute Gasteiger partial charge is 0.398 e. The van der Waals surface area contributed by atoms with Gasteiger partial charge < -0.3 is 10.3 Å². The summed E-state index contributed by atoms with van der Waals surface area (Å²) in [4.78, 5) is 9.40. The molecular weight excluding hydrogens is 290 g/mol. The Morgan fingerprint density at radius 1 is 1.24 bits per heavy atom. The number of hydrogen-bond acceptors (Lipinski definition) is 6. The summed E-state index contributed by atoms with van der Waals surface area (Å²) in [7, 11) is 0. The van der Waals surface area contributed by atoms with Crippen LogP contribution in [0.3, 0.4) is 0 Å². The topological polar surface area (TPSA) is 71.4 Å². The van der Waals surface area contributed by atoms with Crippen molar-refractivity contribution in [2.75, 3.05) is 38.5 Å². The van der Waals surface area contributed by atoms with Crippen molar-refractivity contribution in [3.63, 3.8) is 0 Å². The van der Waals surface area contributed by atoms with Crippen LogP contribution in [0.5, 0.6) is 0 Å². The van der Waals surface area contributed by atoms with E-state index in [2.05, 4.69) is 19.9 Å².